The van der Waals surface area contributed by atoms with Crippen molar-refractivity contribution >= 4 is 28.5 Å². The molecule has 8 nitrogen and oxygen atoms in total. The number of benzene rings is 2. The molecule has 0 amide bonds. The first-order chi connectivity index (χ1) is 18.3. The van der Waals surface area contributed by atoms with Gasteiger partial charge in [-0.2, -0.15) is 0 Å². The van der Waals surface area contributed by atoms with Crippen molar-refractivity contribution in [2.45, 2.75) is 72.6 Å². The van der Waals surface area contributed by atoms with Crippen LogP contribution in [0.2, 0.25) is 0 Å². The number of carbonyl (C=O) groups excluding carboxylic acids is 2. The zero-order chi connectivity index (χ0) is 28.5. The van der Waals surface area contributed by atoms with Gasteiger partial charge in [-0.3, -0.25) is 9.59 Å². The number of terminal acetylenes is 1. The highest BCUT2D eigenvalue weighted by Crippen LogP contribution is 2.39. The molecule has 1 aromatic heterocycles. The predicted octanol–water partition coefficient (Wildman–Crippen LogP) is 5.09. The van der Waals surface area contributed by atoms with E-state index >= 15 is 0 Å². The van der Waals surface area contributed by atoms with E-state index in [1.165, 1.54) is 0 Å². The van der Waals surface area contributed by atoms with Gasteiger partial charge in [-0.1, -0.05) is 5.92 Å². The number of aromatic amines is 1. The standard InChI is InChI=1S/C31H35N3O5/c1-8-15-34(21-12-9-19(10-13-21)28(36)39-31(5,6)7)25-14-11-20-16-24-23(17-22(20)25)27(35)33-26(32-24)18-38-29(37)30(2,3)4/h1,9-10,12-13,16-17,25H,11,14-15,18H2,2-7H3,(H,32,33,35). The van der Waals surface area contributed by atoms with Crippen LogP contribution in [0, 0.1) is 17.8 Å². The second-order valence-electron chi connectivity index (χ2n) is 11.8. The van der Waals surface area contributed by atoms with Crippen molar-refractivity contribution in [3.8, 4) is 12.3 Å². The number of H-pyrrole nitrogens is 1. The highest BCUT2D eigenvalue weighted by Gasteiger charge is 2.30. The van der Waals surface area contributed by atoms with E-state index in [-0.39, 0.29) is 30.1 Å². The lowest BCUT2D eigenvalue weighted by atomic mass is 9.97. The molecule has 0 fully saturated rings. The van der Waals surface area contributed by atoms with Crippen LogP contribution < -0.4 is 10.5 Å². The van der Waals surface area contributed by atoms with E-state index in [0.717, 1.165) is 29.7 Å². The minimum atomic E-state index is -0.646. The summed E-state index contributed by atoms with van der Waals surface area (Å²) < 4.78 is 10.8. The van der Waals surface area contributed by atoms with Crippen molar-refractivity contribution in [1.29, 1.82) is 0 Å². The molecule has 1 unspecified atom stereocenters. The lowest BCUT2D eigenvalue weighted by Crippen LogP contribution is -2.28. The Bertz CT molecular complexity index is 1500. The summed E-state index contributed by atoms with van der Waals surface area (Å²) in [4.78, 5) is 47.0. The number of nitrogens with one attached hydrogen (secondary N) is 1. The summed E-state index contributed by atoms with van der Waals surface area (Å²) in [6.45, 7) is 11.1. The largest absolute Gasteiger partial charge is 0.457 e. The van der Waals surface area contributed by atoms with Crippen LogP contribution in [0.5, 0.6) is 0 Å². The number of fused-ring (bicyclic) bond motifs is 2. The fraction of sp³-hybridized carbons (Fsp3) is 0.419. The molecular weight excluding hydrogens is 494 g/mol. The minimum Gasteiger partial charge on any atom is -0.457 e. The Labute approximate surface area is 228 Å². The molecule has 0 spiro atoms. The number of esters is 2. The number of hydrogen-bond acceptors (Lipinski definition) is 7. The molecule has 204 valence electrons. The van der Waals surface area contributed by atoms with Gasteiger partial charge in [0.15, 0.2) is 0 Å². The van der Waals surface area contributed by atoms with E-state index in [0.29, 0.717) is 28.8 Å². The van der Waals surface area contributed by atoms with Crippen LogP contribution >= 0.6 is 0 Å². The normalized spacial score (nSPS) is 14.9. The summed E-state index contributed by atoms with van der Waals surface area (Å²) in [5.74, 6) is 2.30. The van der Waals surface area contributed by atoms with Gasteiger partial charge in [0.1, 0.15) is 18.0 Å². The molecule has 1 atom stereocenters. The van der Waals surface area contributed by atoms with Gasteiger partial charge in [-0.05, 0) is 102 Å². The third-order valence-electron chi connectivity index (χ3n) is 6.49. The number of hydrogen-bond donors (Lipinski definition) is 1. The second-order valence-corrected chi connectivity index (χ2v) is 11.8. The zero-order valence-electron chi connectivity index (χ0n) is 23.4. The molecule has 3 aromatic rings. The van der Waals surface area contributed by atoms with Crippen molar-refractivity contribution in [2.75, 3.05) is 11.4 Å². The molecule has 8 heteroatoms. The smallest absolute Gasteiger partial charge is 0.338 e. The number of aromatic nitrogens is 2. The molecule has 1 aliphatic rings. The highest BCUT2D eigenvalue weighted by molar-refractivity contribution is 5.90. The maximum absolute atomic E-state index is 13.0. The maximum atomic E-state index is 13.0. The molecule has 0 aliphatic heterocycles. The van der Waals surface area contributed by atoms with Crippen LogP contribution in [0.15, 0.2) is 41.2 Å². The van der Waals surface area contributed by atoms with Gasteiger partial charge in [0, 0.05) is 5.69 Å². The third-order valence-corrected chi connectivity index (χ3v) is 6.49. The summed E-state index contributed by atoms with van der Waals surface area (Å²) in [7, 11) is 0. The lowest BCUT2D eigenvalue weighted by molar-refractivity contribution is -0.154. The zero-order valence-corrected chi connectivity index (χ0v) is 23.4. The average molecular weight is 530 g/mol. The first-order valence-corrected chi connectivity index (χ1v) is 13.0. The number of rotatable bonds is 6. The summed E-state index contributed by atoms with van der Waals surface area (Å²) in [5.41, 5.74) is 2.50. The molecule has 0 radical (unpaired) electrons. The maximum Gasteiger partial charge on any atom is 0.338 e. The molecule has 1 aliphatic carbocycles. The van der Waals surface area contributed by atoms with Crippen molar-refractivity contribution in [3.63, 3.8) is 0 Å². The average Bonchev–Trinajstić information content (AvgIpc) is 3.25. The third kappa shape index (κ3) is 6.31. The fourth-order valence-corrected chi connectivity index (χ4v) is 4.62. The molecule has 1 heterocycles. The van der Waals surface area contributed by atoms with E-state index in [4.69, 9.17) is 15.9 Å². The molecule has 2 aromatic carbocycles. The van der Waals surface area contributed by atoms with Gasteiger partial charge < -0.3 is 19.4 Å². The Kier molecular flexibility index (Phi) is 7.56. The van der Waals surface area contributed by atoms with E-state index in [1.54, 1.807) is 32.9 Å². The monoisotopic (exact) mass is 529 g/mol. The van der Waals surface area contributed by atoms with E-state index in [9.17, 15) is 14.4 Å². The van der Waals surface area contributed by atoms with Gasteiger partial charge >= 0.3 is 11.9 Å². The van der Waals surface area contributed by atoms with E-state index in [1.807, 2.05) is 45.0 Å². The SMILES string of the molecule is C#CCN(c1ccc(C(=O)OC(C)(C)C)cc1)C1CCc2cc3nc(COC(=O)C(C)(C)C)[nH]c(=O)c3cc21. The van der Waals surface area contributed by atoms with Crippen LogP contribution in [0.3, 0.4) is 0 Å². The number of ether oxygens (including phenoxy) is 2. The number of carbonyl (C=O) groups is 2. The van der Waals surface area contributed by atoms with Gasteiger partial charge in [0.25, 0.3) is 5.56 Å². The quantitative estimate of drug-likeness (QED) is 0.350. The van der Waals surface area contributed by atoms with Crippen LogP contribution in [-0.4, -0.2) is 34.1 Å². The number of aryl methyl sites for hydroxylation is 1. The topological polar surface area (TPSA) is 102 Å². The Hall–Kier alpha value is -4.12. The Morgan fingerprint density at radius 2 is 1.82 bits per heavy atom. The Morgan fingerprint density at radius 3 is 2.44 bits per heavy atom. The summed E-state index contributed by atoms with van der Waals surface area (Å²) in [5, 5.41) is 0.465. The van der Waals surface area contributed by atoms with Crippen molar-refractivity contribution < 1.29 is 19.1 Å². The molecule has 4 rings (SSSR count). The first-order valence-electron chi connectivity index (χ1n) is 13.0. The lowest BCUT2D eigenvalue weighted by Gasteiger charge is -2.30. The Balaban J connectivity index is 1.61. The molecule has 0 saturated carbocycles. The predicted molar refractivity (Wildman–Crippen MR) is 150 cm³/mol. The van der Waals surface area contributed by atoms with Crippen molar-refractivity contribution in [2.24, 2.45) is 5.41 Å². The first kappa shape index (κ1) is 27.9. The molecule has 0 bridgehead atoms. The van der Waals surface area contributed by atoms with Gasteiger partial charge in [-0.25, -0.2) is 9.78 Å². The van der Waals surface area contributed by atoms with Crippen LogP contribution in [0.25, 0.3) is 10.9 Å². The Morgan fingerprint density at radius 1 is 1.13 bits per heavy atom. The fourth-order valence-electron chi connectivity index (χ4n) is 4.62. The van der Waals surface area contributed by atoms with Crippen LogP contribution in [0.4, 0.5) is 5.69 Å². The van der Waals surface area contributed by atoms with Crippen LogP contribution in [0.1, 0.15) is 81.3 Å². The van der Waals surface area contributed by atoms with Gasteiger partial charge in [-0.15, -0.1) is 6.42 Å². The number of anilines is 1. The molecular formula is C31H35N3O5. The molecule has 0 saturated heterocycles. The van der Waals surface area contributed by atoms with Gasteiger partial charge in [0.05, 0.1) is 34.5 Å². The van der Waals surface area contributed by atoms with Crippen LogP contribution in [-0.2, 0) is 27.3 Å². The molecule has 1 N–H and O–H groups in total. The summed E-state index contributed by atoms with van der Waals surface area (Å²) >= 11 is 0. The van der Waals surface area contributed by atoms with Gasteiger partial charge in [0.2, 0.25) is 0 Å². The second kappa shape index (κ2) is 10.6. The van der Waals surface area contributed by atoms with E-state index in [2.05, 4.69) is 20.8 Å². The van der Waals surface area contributed by atoms with Crippen molar-refractivity contribution in [3.05, 3.63) is 69.3 Å². The summed E-state index contributed by atoms with van der Waals surface area (Å²) in [6, 6.07) is 11.0. The number of nitrogens with zero attached hydrogens (tertiary/aromatic N) is 2. The molecule has 39 heavy (non-hydrogen) atoms. The highest BCUT2D eigenvalue weighted by atomic mass is 16.6. The van der Waals surface area contributed by atoms with E-state index < -0.39 is 11.0 Å². The minimum absolute atomic E-state index is 0.0420. The van der Waals surface area contributed by atoms with Crippen molar-refractivity contribution in [1.82, 2.24) is 9.97 Å². The summed E-state index contributed by atoms with van der Waals surface area (Å²) in [6.07, 6.45) is 7.36.